The summed E-state index contributed by atoms with van der Waals surface area (Å²) in [6.07, 6.45) is 1.23. The van der Waals surface area contributed by atoms with E-state index in [1.165, 1.54) is 0 Å². The number of ether oxygens (including phenoxy) is 3. The summed E-state index contributed by atoms with van der Waals surface area (Å²) >= 11 is 0. The van der Waals surface area contributed by atoms with Crippen LogP contribution in [0.4, 0.5) is 0 Å². The second-order valence-electron chi connectivity index (χ2n) is 6.07. The summed E-state index contributed by atoms with van der Waals surface area (Å²) in [5.74, 6) is 1.26. The van der Waals surface area contributed by atoms with Crippen LogP contribution in [0.5, 0.6) is 11.5 Å². The normalized spacial score (nSPS) is 21.8. The molecule has 0 saturated heterocycles. The first kappa shape index (κ1) is 19.2. The van der Waals surface area contributed by atoms with Gasteiger partial charge in [-0.15, -0.1) is 0 Å². The minimum Gasteiger partial charge on any atom is -0.489 e. The van der Waals surface area contributed by atoms with Gasteiger partial charge in [-0.25, -0.2) is 0 Å². The van der Waals surface area contributed by atoms with E-state index in [4.69, 9.17) is 27.5 Å². The second-order valence-corrected chi connectivity index (χ2v) is 8.95. The second kappa shape index (κ2) is 7.84. The summed E-state index contributed by atoms with van der Waals surface area (Å²) in [6, 6.07) is 5.72. The summed E-state index contributed by atoms with van der Waals surface area (Å²) in [5, 5.41) is 0. The molecule has 1 aliphatic heterocycles. The van der Waals surface area contributed by atoms with Crippen molar-refractivity contribution in [1.29, 1.82) is 0 Å². The molecule has 6 nitrogen and oxygen atoms in total. The van der Waals surface area contributed by atoms with Gasteiger partial charge >= 0.3 is 8.80 Å². The summed E-state index contributed by atoms with van der Waals surface area (Å²) in [7, 11) is 1.92. The first-order chi connectivity index (χ1) is 11.4. The van der Waals surface area contributed by atoms with Crippen LogP contribution in [0.25, 0.3) is 0 Å². The van der Waals surface area contributed by atoms with Gasteiger partial charge in [0.25, 0.3) is 0 Å². The summed E-state index contributed by atoms with van der Waals surface area (Å²) in [5.41, 5.74) is 0.966. The van der Waals surface area contributed by atoms with Crippen LogP contribution in [0, 0.1) is 5.92 Å². The molecule has 0 radical (unpaired) electrons. The van der Waals surface area contributed by atoms with Crippen molar-refractivity contribution >= 4 is 8.80 Å². The molecule has 0 spiro atoms. The van der Waals surface area contributed by atoms with Gasteiger partial charge in [0.15, 0.2) is 6.23 Å². The lowest BCUT2D eigenvalue weighted by atomic mass is 9.98. The van der Waals surface area contributed by atoms with Crippen molar-refractivity contribution in [2.24, 2.45) is 5.92 Å². The van der Waals surface area contributed by atoms with E-state index in [0.29, 0.717) is 18.3 Å². The van der Waals surface area contributed by atoms with Crippen LogP contribution in [0.1, 0.15) is 32.8 Å². The van der Waals surface area contributed by atoms with Crippen molar-refractivity contribution in [2.45, 2.75) is 39.6 Å². The van der Waals surface area contributed by atoms with Gasteiger partial charge in [0.05, 0.1) is 6.61 Å². The van der Waals surface area contributed by atoms with Gasteiger partial charge in [-0.05, 0) is 24.6 Å². The molecule has 0 fully saturated rings. The zero-order valence-electron chi connectivity index (χ0n) is 15.4. The predicted octanol–water partition coefficient (Wildman–Crippen LogP) is 3.15. The Bertz CT molecular complexity index is 540. The maximum absolute atomic E-state index is 6.09. The van der Waals surface area contributed by atoms with Crippen molar-refractivity contribution in [3.8, 4) is 11.5 Å². The van der Waals surface area contributed by atoms with Crippen LogP contribution in [-0.4, -0.2) is 42.2 Å². The van der Waals surface area contributed by atoms with Gasteiger partial charge in [0.1, 0.15) is 11.5 Å². The number of benzene rings is 1. The van der Waals surface area contributed by atoms with Crippen molar-refractivity contribution < 1.29 is 27.5 Å². The Kier molecular flexibility index (Phi) is 6.27. The molecule has 136 valence electrons. The van der Waals surface area contributed by atoms with E-state index in [2.05, 4.69) is 13.8 Å². The van der Waals surface area contributed by atoms with Crippen LogP contribution >= 0.6 is 0 Å². The molecule has 1 heterocycles. The van der Waals surface area contributed by atoms with Crippen LogP contribution in [-0.2, 0) is 24.6 Å². The average Bonchev–Trinajstić information content (AvgIpc) is 2.62. The summed E-state index contributed by atoms with van der Waals surface area (Å²) < 4.78 is 33.9. The van der Waals surface area contributed by atoms with Crippen LogP contribution in [0.2, 0.25) is 0 Å². The maximum Gasteiger partial charge on any atom is 0.539 e. The van der Waals surface area contributed by atoms with E-state index in [1.807, 2.05) is 25.1 Å². The van der Waals surface area contributed by atoms with Gasteiger partial charge in [-0.1, -0.05) is 13.8 Å². The fraction of sp³-hybridized carbons (Fsp3) is 0.647. The molecule has 24 heavy (non-hydrogen) atoms. The Balaban J connectivity index is 2.08. The molecule has 7 heteroatoms. The molecule has 0 aromatic heterocycles. The minimum atomic E-state index is -2.76. The molecule has 0 saturated carbocycles. The highest BCUT2D eigenvalue weighted by Crippen LogP contribution is 2.38. The molecule has 0 amide bonds. The first-order valence-corrected chi connectivity index (χ1v) is 10.1. The van der Waals surface area contributed by atoms with Crippen molar-refractivity contribution in [2.75, 3.05) is 27.6 Å². The number of fused-ring (bicyclic) bond motifs is 1. The monoisotopic (exact) mass is 356 g/mol. The van der Waals surface area contributed by atoms with Gasteiger partial charge < -0.3 is 27.5 Å². The van der Waals surface area contributed by atoms with E-state index in [1.54, 1.807) is 21.3 Å². The van der Waals surface area contributed by atoms with Gasteiger partial charge in [-0.2, -0.15) is 0 Å². The smallest absolute Gasteiger partial charge is 0.489 e. The Hall–Kier alpha value is -1.12. The summed E-state index contributed by atoms with van der Waals surface area (Å²) in [6.45, 7) is 6.75. The molecule has 1 aromatic rings. The van der Waals surface area contributed by atoms with Crippen LogP contribution in [0.15, 0.2) is 18.2 Å². The largest absolute Gasteiger partial charge is 0.539 e. The molecule has 1 aromatic carbocycles. The molecule has 2 rings (SSSR count). The van der Waals surface area contributed by atoms with Gasteiger partial charge in [0, 0.05) is 39.7 Å². The van der Waals surface area contributed by atoms with E-state index in [9.17, 15) is 0 Å². The molecule has 0 N–H and O–H groups in total. The Morgan fingerprint density at radius 3 is 2.46 bits per heavy atom. The average molecular weight is 356 g/mol. The highest BCUT2D eigenvalue weighted by Gasteiger charge is 2.40. The number of hydrogen-bond acceptors (Lipinski definition) is 6. The third-order valence-electron chi connectivity index (χ3n) is 4.71. The Morgan fingerprint density at radius 2 is 1.88 bits per heavy atom. The Labute approximate surface area is 145 Å². The topological polar surface area (TPSA) is 55.4 Å². The van der Waals surface area contributed by atoms with E-state index >= 15 is 0 Å². The SMILES string of the molecule is CCC(C)C1(C)OCc2cc(OC[Si](OC)(OC)OC)ccc2O1. The molecule has 1 aliphatic rings. The minimum absolute atomic E-state index is 0.238. The molecule has 0 bridgehead atoms. The Morgan fingerprint density at radius 1 is 1.21 bits per heavy atom. The highest BCUT2D eigenvalue weighted by molar-refractivity contribution is 6.60. The standard InChI is InChI=1S/C17H28O6Si/c1-7-13(2)17(3)22-11-14-10-15(8-9-16(14)23-17)21-12-24(18-4,19-5)20-6/h8-10,13H,7,11-12H2,1-6H3. The van der Waals surface area contributed by atoms with E-state index < -0.39 is 14.6 Å². The highest BCUT2D eigenvalue weighted by atomic mass is 28.4. The van der Waals surface area contributed by atoms with Gasteiger partial charge in [0.2, 0.25) is 5.79 Å². The van der Waals surface area contributed by atoms with Crippen molar-refractivity contribution in [3.63, 3.8) is 0 Å². The van der Waals surface area contributed by atoms with Gasteiger partial charge in [-0.3, -0.25) is 0 Å². The summed E-state index contributed by atoms with van der Waals surface area (Å²) in [4.78, 5) is 0. The molecular weight excluding hydrogens is 328 g/mol. The fourth-order valence-electron chi connectivity index (χ4n) is 2.54. The van der Waals surface area contributed by atoms with E-state index in [-0.39, 0.29) is 6.23 Å². The number of hydrogen-bond donors (Lipinski definition) is 0. The zero-order valence-corrected chi connectivity index (χ0v) is 16.4. The van der Waals surface area contributed by atoms with Crippen LogP contribution in [0.3, 0.4) is 0 Å². The first-order valence-electron chi connectivity index (χ1n) is 8.16. The quantitative estimate of drug-likeness (QED) is 0.667. The maximum atomic E-state index is 6.09. The lowest BCUT2D eigenvalue weighted by molar-refractivity contribution is -0.223. The van der Waals surface area contributed by atoms with Crippen molar-refractivity contribution in [3.05, 3.63) is 23.8 Å². The lowest BCUT2D eigenvalue weighted by Gasteiger charge is -2.39. The third kappa shape index (κ3) is 3.92. The molecular formula is C17H28O6Si. The fourth-order valence-corrected chi connectivity index (χ4v) is 3.74. The third-order valence-corrected chi connectivity index (χ3v) is 7.08. The van der Waals surface area contributed by atoms with E-state index in [0.717, 1.165) is 17.7 Å². The molecule has 2 atom stereocenters. The molecule has 0 aliphatic carbocycles. The number of rotatable bonds is 8. The molecule has 2 unspecified atom stereocenters. The van der Waals surface area contributed by atoms with Crippen molar-refractivity contribution in [1.82, 2.24) is 0 Å². The lowest BCUT2D eigenvalue weighted by Crippen LogP contribution is -2.49. The predicted molar refractivity (Wildman–Crippen MR) is 92.0 cm³/mol. The van der Waals surface area contributed by atoms with Crippen LogP contribution < -0.4 is 9.47 Å². The zero-order chi connectivity index (χ0) is 17.8.